The van der Waals surface area contributed by atoms with Gasteiger partial charge in [-0.15, -0.1) is 0 Å². The highest BCUT2D eigenvalue weighted by Crippen LogP contribution is 2.36. The highest BCUT2D eigenvalue weighted by Gasteiger charge is 2.30. The highest BCUT2D eigenvalue weighted by molar-refractivity contribution is 6.02. The topological polar surface area (TPSA) is 87.5 Å². The third kappa shape index (κ3) is 4.55. The number of rotatable bonds is 7. The predicted octanol–water partition coefficient (Wildman–Crippen LogP) is 3.31. The number of hydrogen-bond donors (Lipinski definition) is 2. The Labute approximate surface area is 148 Å². The van der Waals surface area contributed by atoms with Crippen molar-refractivity contribution >= 4 is 23.0 Å². The quantitative estimate of drug-likeness (QED) is 0.565. The fourth-order valence-corrected chi connectivity index (χ4v) is 2.79. The molecule has 0 spiro atoms. The molecule has 1 aliphatic rings. The van der Waals surface area contributed by atoms with E-state index in [1.165, 1.54) is 13.1 Å². The Morgan fingerprint density at radius 1 is 1.38 bits per heavy atom. The fourth-order valence-electron chi connectivity index (χ4n) is 2.79. The monoisotopic (exact) mass is 374 g/mol. The summed E-state index contributed by atoms with van der Waals surface area (Å²) < 4.78 is 36.9. The number of nitro benzene ring substituents is 1. The zero-order chi connectivity index (χ0) is 19.5. The Morgan fingerprint density at radius 2 is 2.04 bits per heavy atom. The number of alkyl halides is 3. The van der Waals surface area contributed by atoms with E-state index < -0.39 is 30.0 Å². The van der Waals surface area contributed by atoms with Crippen LogP contribution in [0.3, 0.4) is 0 Å². The number of nitrogens with one attached hydrogen (secondary N) is 2. The van der Waals surface area contributed by atoms with E-state index in [-0.39, 0.29) is 23.0 Å². The van der Waals surface area contributed by atoms with Gasteiger partial charge in [0.2, 0.25) is 0 Å². The molecule has 0 saturated heterocycles. The molecule has 1 amide bonds. The number of nitrogens with zero attached hydrogens (tertiary/aromatic N) is 2. The van der Waals surface area contributed by atoms with Crippen LogP contribution in [0.15, 0.2) is 12.1 Å². The van der Waals surface area contributed by atoms with Crippen LogP contribution in [0.5, 0.6) is 0 Å². The normalized spacial score (nSPS) is 14.5. The molecule has 1 aromatic rings. The molecular weight excluding hydrogens is 353 g/mol. The first-order chi connectivity index (χ1) is 12.1. The first-order valence-electron chi connectivity index (χ1n) is 8.22. The predicted molar refractivity (Wildman–Crippen MR) is 91.7 cm³/mol. The van der Waals surface area contributed by atoms with E-state index in [1.54, 1.807) is 7.05 Å². The van der Waals surface area contributed by atoms with E-state index in [0.717, 1.165) is 25.3 Å². The number of carbonyl (C=O) groups excluding carboxylic acids is 1. The van der Waals surface area contributed by atoms with E-state index in [0.29, 0.717) is 5.69 Å². The van der Waals surface area contributed by atoms with Crippen LogP contribution >= 0.6 is 0 Å². The summed E-state index contributed by atoms with van der Waals surface area (Å²) in [4.78, 5) is 24.9. The molecule has 1 aliphatic carbocycles. The molecule has 1 fully saturated rings. The molecule has 10 heteroatoms. The van der Waals surface area contributed by atoms with E-state index in [4.69, 9.17) is 0 Å². The van der Waals surface area contributed by atoms with Crippen LogP contribution in [-0.2, 0) is 0 Å². The molecule has 144 valence electrons. The van der Waals surface area contributed by atoms with E-state index in [2.05, 4.69) is 10.6 Å². The molecule has 0 radical (unpaired) electrons. The van der Waals surface area contributed by atoms with Gasteiger partial charge >= 0.3 is 6.18 Å². The van der Waals surface area contributed by atoms with E-state index >= 15 is 0 Å². The van der Waals surface area contributed by atoms with Gasteiger partial charge in [-0.05, 0) is 25.3 Å². The summed E-state index contributed by atoms with van der Waals surface area (Å²) in [5.74, 6) is -0.763. The molecule has 1 aromatic carbocycles. The molecule has 0 unspecified atom stereocenters. The SMILES string of the molecule is CNc1cc(N(C)C2CCC2)c(C(=O)NCCC(F)(F)F)cc1[N+](=O)[O-]. The van der Waals surface area contributed by atoms with Gasteiger partial charge in [0, 0.05) is 32.7 Å². The Bertz CT molecular complexity index is 690. The number of anilines is 2. The maximum Gasteiger partial charge on any atom is 0.390 e. The smallest absolute Gasteiger partial charge is 0.383 e. The molecule has 7 nitrogen and oxygen atoms in total. The summed E-state index contributed by atoms with van der Waals surface area (Å²) in [6.07, 6.45) is -2.65. The van der Waals surface area contributed by atoms with Crippen molar-refractivity contribution in [3.05, 3.63) is 27.8 Å². The Hall–Kier alpha value is -2.52. The maximum atomic E-state index is 12.4. The third-order valence-electron chi connectivity index (χ3n) is 4.52. The summed E-state index contributed by atoms with van der Waals surface area (Å²) in [5, 5.41) is 16.2. The highest BCUT2D eigenvalue weighted by atomic mass is 19.4. The molecule has 2 rings (SSSR count). The van der Waals surface area contributed by atoms with Crippen LogP contribution in [0.4, 0.5) is 30.2 Å². The van der Waals surface area contributed by atoms with Gasteiger partial charge in [-0.3, -0.25) is 14.9 Å². The molecule has 0 bridgehead atoms. The van der Waals surface area contributed by atoms with Crippen LogP contribution in [-0.4, -0.2) is 43.7 Å². The molecule has 26 heavy (non-hydrogen) atoms. The third-order valence-corrected chi connectivity index (χ3v) is 4.52. The summed E-state index contributed by atoms with van der Waals surface area (Å²) in [7, 11) is 3.30. The Morgan fingerprint density at radius 3 is 2.50 bits per heavy atom. The first-order valence-corrected chi connectivity index (χ1v) is 8.22. The minimum Gasteiger partial charge on any atom is -0.383 e. The van der Waals surface area contributed by atoms with Gasteiger partial charge in [0.1, 0.15) is 5.69 Å². The lowest BCUT2D eigenvalue weighted by molar-refractivity contribution is -0.384. The van der Waals surface area contributed by atoms with Crippen molar-refractivity contribution in [2.75, 3.05) is 30.9 Å². The minimum atomic E-state index is -4.39. The van der Waals surface area contributed by atoms with Gasteiger partial charge in [-0.1, -0.05) is 0 Å². The second-order valence-electron chi connectivity index (χ2n) is 6.21. The van der Waals surface area contributed by atoms with Gasteiger partial charge in [-0.25, -0.2) is 0 Å². The van der Waals surface area contributed by atoms with Crippen LogP contribution in [0.1, 0.15) is 36.0 Å². The van der Waals surface area contributed by atoms with Crippen molar-refractivity contribution in [1.82, 2.24) is 5.32 Å². The number of benzene rings is 1. The maximum absolute atomic E-state index is 12.4. The molecule has 2 N–H and O–H groups in total. The zero-order valence-corrected chi connectivity index (χ0v) is 14.5. The van der Waals surface area contributed by atoms with E-state index in [1.807, 2.05) is 4.90 Å². The lowest BCUT2D eigenvalue weighted by atomic mass is 9.91. The van der Waals surface area contributed by atoms with E-state index in [9.17, 15) is 28.1 Å². The molecule has 0 aliphatic heterocycles. The standard InChI is InChI=1S/C16H21F3N4O3/c1-20-12-9-13(22(2)10-4-3-5-10)11(8-14(12)23(25)26)15(24)21-7-6-16(17,18)19/h8-10,20H,3-7H2,1-2H3,(H,21,24). The van der Waals surface area contributed by atoms with Crippen LogP contribution in [0.2, 0.25) is 0 Å². The number of amides is 1. The van der Waals surface area contributed by atoms with Gasteiger partial charge in [0.25, 0.3) is 11.6 Å². The summed E-state index contributed by atoms with van der Waals surface area (Å²) in [6.45, 7) is -0.587. The largest absolute Gasteiger partial charge is 0.390 e. The zero-order valence-electron chi connectivity index (χ0n) is 14.5. The van der Waals surface area contributed by atoms with Crippen molar-refractivity contribution < 1.29 is 22.9 Å². The number of hydrogen-bond acceptors (Lipinski definition) is 5. The summed E-state index contributed by atoms with van der Waals surface area (Å²) in [6, 6.07) is 2.80. The van der Waals surface area contributed by atoms with Gasteiger partial charge < -0.3 is 15.5 Å². The minimum absolute atomic E-state index is 0.00715. The molecule has 0 atom stereocenters. The second-order valence-corrected chi connectivity index (χ2v) is 6.21. The van der Waals surface area contributed by atoms with Crippen molar-refractivity contribution in [1.29, 1.82) is 0 Å². The fraction of sp³-hybridized carbons (Fsp3) is 0.562. The van der Waals surface area contributed by atoms with Crippen LogP contribution in [0.25, 0.3) is 0 Å². The summed E-state index contributed by atoms with van der Waals surface area (Å²) in [5.41, 5.74) is 0.378. The average Bonchev–Trinajstić information content (AvgIpc) is 2.50. The summed E-state index contributed by atoms with van der Waals surface area (Å²) >= 11 is 0. The van der Waals surface area contributed by atoms with Gasteiger partial charge in [0.15, 0.2) is 0 Å². The van der Waals surface area contributed by atoms with Crippen molar-refractivity contribution in [3.8, 4) is 0 Å². The second kappa shape index (κ2) is 7.79. The number of carbonyl (C=O) groups is 1. The molecule has 0 aromatic heterocycles. The van der Waals surface area contributed by atoms with Gasteiger partial charge in [0.05, 0.1) is 22.6 Å². The van der Waals surface area contributed by atoms with Crippen LogP contribution < -0.4 is 15.5 Å². The van der Waals surface area contributed by atoms with Crippen molar-refractivity contribution in [2.45, 2.75) is 37.9 Å². The molecular formula is C16H21F3N4O3. The van der Waals surface area contributed by atoms with Crippen molar-refractivity contribution in [2.24, 2.45) is 0 Å². The van der Waals surface area contributed by atoms with Gasteiger partial charge in [-0.2, -0.15) is 13.2 Å². The Balaban J connectivity index is 2.34. The molecule has 1 saturated carbocycles. The van der Waals surface area contributed by atoms with Crippen molar-refractivity contribution in [3.63, 3.8) is 0 Å². The lowest BCUT2D eigenvalue weighted by Crippen LogP contribution is -2.39. The van der Waals surface area contributed by atoms with Crippen LogP contribution in [0, 0.1) is 10.1 Å². The first kappa shape index (κ1) is 19.8. The number of halogens is 3. The Kier molecular flexibility index (Phi) is 5.94. The average molecular weight is 374 g/mol. The lowest BCUT2D eigenvalue weighted by Gasteiger charge is -2.37. The molecule has 0 heterocycles. The number of nitro groups is 1.